The first-order chi connectivity index (χ1) is 7.29. The molecule has 2 rings (SSSR count). The summed E-state index contributed by atoms with van der Waals surface area (Å²) in [4.78, 5) is 10.4. The Balaban J connectivity index is 1.99. The Kier molecular flexibility index (Phi) is 2.86. The summed E-state index contributed by atoms with van der Waals surface area (Å²) in [7, 11) is 1.88. The van der Waals surface area contributed by atoms with Gasteiger partial charge in [0.2, 0.25) is 0 Å². The van der Waals surface area contributed by atoms with E-state index in [0.717, 1.165) is 10.9 Å². The highest BCUT2D eigenvalue weighted by Gasteiger charge is 2.05. The Labute approximate surface area is 90.5 Å². The zero-order chi connectivity index (χ0) is 10.7. The Morgan fingerprint density at radius 3 is 3.07 bits per heavy atom. The van der Waals surface area contributed by atoms with E-state index in [0.29, 0.717) is 17.8 Å². The molecule has 0 spiro atoms. The van der Waals surface area contributed by atoms with E-state index in [2.05, 4.69) is 10.2 Å². The first-order valence-electron chi connectivity index (χ1n) is 4.30. The van der Waals surface area contributed by atoms with Gasteiger partial charge in [0, 0.05) is 7.05 Å². The Morgan fingerprint density at radius 1 is 1.60 bits per heavy atom. The van der Waals surface area contributed by atoms with Crippen LogP contribution in [0.4, 0.5) is 0 Å². The van der Waals surface area contributed by atoms with Gasteiger partial charge in [-0.2, -0.15) is 0 Å². The quantitative estimate of drug-likeness (QED) is 0.580. The number of hydrogen-bond acceptors (Lipinski definition) is 5. The molecule has 0 aliphatic rings. The van der Waals surface area contributed by atoms with Crippen molar-refractivity contribution in [3.8, 4) is 0 Å². The number of thioether (sulfide) groups is 1. The first-order valence-corrected chi connectivity index (χ1v) is 5.29. The summed E-state index contributed by atoms with van der Waals surface area (Å²) in [6.07, 6.45) is 2.33. The van der Waals surface area contributed by atoms with E-state index in [4.69, 9.17) is 4.42 Å². The number of aryl methyl sites for hydroxylation is 1. The number of carbonyl (C=O) groups excluding carboxylic acids is 1. The molecule has 0 radical (unpaired) electrons. The molecule has 0 saturated heterocycles. The highest BCUT2D eigenvalue weighted by molar-refractivity contribution is 7.98. The highest BCUT2D eigenvalue weighted by Crippen LogP contribution is 2.20. The van der Waals surface area contributed by atoms with E-state index in [-0.39, 0.29) is 0 Å². The molecular formula is C9H9N3O2S. The molecule has 78 valence electrons. The van der Waals surface area contributed by atoms with Crippen molar-refractivity contribution in [3.63, 3.8) is 0 Å². The predicted octanol–water partition coefficient (Wildman–Crippen LogP) is 1.51. The van der Waals surface area contributed by atoms with Gasteiger partial charge in [-0.15, -0.1) is 10.2 Å². The minimum absolute atomic E-state index is 0.351. The number of rotatable bonds is 4. The van der Waals surface area contributed by atoms with Crippen molar-refractivity contribution >= 4 is 18.0 Å². The molecule has 6 heteroatoms. The summed E-state index contributed by atoms with van der Waals surface area (Å²) < 4.78 is 7.05. The number of aromatic nitrogens is 3. The van der Waals surface area contributed by atoms with Crippen LogP contribution < -0.4 is 0 Å². The lowest BCUT2D eigenvalue weighted by atomic mass is 10.4. The second-order valence-corrected chi connectivity index (χ2v) is 3.88. The van der Waals surface area contributed by atoms with Crippen LogP contribution in [0.1, 0.15) is 16.3 Å². The molecule has 0 fully saturated rings. The maximum atomic E-state index is 10.4. The Hall–Kier alpha value is -1.56. The van der Waals surface area contributed by atoms with Gasteiger partial charge in [0.15, 0.2) is 17.2 Å². The maximum Gasteiger partial charge on any atom is 0.191 e. The van der Waals surface area contributed by atoms with Gasteiger partial charge in [-0.1, -0.05) is 11.8 Å². The zero-order valence-corrected chi connectivity index (χ0v) is 8.90. The summed E-state index contributed by atoms with van der Waals surface area (Å²) in [6.45, 7) is 0. The highest BCUT2D eigenvalue weighted by atomic mass is 32.2. The van der Waals surface area contributed by atoms with Crippen molar-refractivity contribution in [1.82, 2.24) is 14.8 Å². The average molecular weight is 223 g/mol. The number of hydrogen-bond donors (Lipinski definition) is 0. The minimum Gasteiger partial charge on any atom is -0.457 e. The fraction of sp³-hybridized carbons (Fsp3) is 0.222. The lowest BCUT2D eigenvalue weighted by Crippen LogP contribution is -1.88. The van der Waals surface area contributed by atoms with Crippen LogP contribution in [0.5, 0.6) is 0 Å². The molecule has 5 nitrogen and oxygen atoms in total. The lowest BCUT2D eigenvalue weighted by molar-refractivity contribution is 0.109. The molecule has 0 amide bonds. The smallest absolute Gasteiger partial charge is 0.191 e. The van der Waals surface area contributed by atoms with Gasteiger partial charge in [0.05, 0.1) is 5.75 Å². The molecule has 2 heterocycles. The predicted molar refractivity (Wildman–Crippen MR) is 54.7 cm³/mol. The summed E-state index contributed by atoms with van der Waals surface area (Å²) in [6, 6.07) is 3.44. The van der Waals surface area contributed by atoms with Crippen molar-refractivity contribution < 1.29 is 9.21 Å². The van der Waals surface area contributed by atoms with Gasteiger partial charge in [-0.25, -0.2) is 0 Å². The van der Waals surface area contributed by atoms with Crippen molar-refractivity contribution in [2.75, 3.05) is 0 Å². The van der Waals surface area contributed by atoms with Crippen LogP contribution in [0, 0.1) is 0 Å². The molecule has 0 aliphatic carbocycles. The van der Waals surface area contributed by atoms with E-state index in [9.17, 15) is 4.79 Å². The van der Waals surface area contributed by atoms with Gasteiger partial charge < -0.3 is 8.98 Å². The van der Waals surface area contributed by atoms with Gasteiger partial charge in [0.25, 0.3) is 0 Å². The topological polar surface area (TPSA) is 60.9 Å². The van der Waals surface area contributed by atoms with E-state index >= 15 is 0 Å². The maximum absolute atomic E-state index is 10.4. The number of carbonyl (C=O) groups is 1. The minimum atomic E-state index is 0.351. The third-order valence-corrected chi connectivity index (χ3v) is 2.87. The molecule has 0 aliphatic heterocycles. The van der Waals surface area contributed by atoms with Crippen LogP contribution in [0.3, 0.4) is 0 Å². The second kappa shape index (κ2) is 4.31. The third-order valence-electron chi connectivity index (χ3n) is 1.81. The molecule has 2 aromatic heterocycles. The average Bonchev–Trinajstić information content (AvgIpc) is 2.84. The first kappa shape index (κ1) is 9.97. The van der Waals surface area contributed by atoms with Crippen LogP contribution in [-0.4, -0.2) is 21.1 Å². The standard InChI is InChI=1S/C9H9N3O2S/c1-12-6-10-11-9(12)15-5-8-3-2-7(4-13)14-8/h2-4,6H,5H2,1H3. The largest absolute Gasteiger partial charge is 0.457 e. The van der Waals surface area contributed by atoms with Crippen molar-refractivity contribution in [2.45, 2.75) is 10.9 Å². The number of furan rings is 1. The molecule has 0 atom stereocenters. The van der Waals surface area contributed by atoms with E-state index < -0.39 is 0 Å². The molecule has 0 unspecified atom stereocenters. The van der Waals surface area contributed by atoms with Crippen molar-refractivity contribution in [3.05, 3.63) is 30.0 Å². The summed E-state index contributed by atoms with van der Waals surface area (Å²) in [5.41, 5.74) is 0. The van der Waals surface area contributed by atoms with Gasteiger partial charge in [0.1, 0.15) is 12.1 Å². The fourth-order valence-electron chi connectivity index (χ4n) is 1.07. The fourth-order valence-corrected chi connectivity index (χ4v) is 1.86. The van der Waals surface area contributed by atoms with Crippen LogP contribution in [0.2, 0.25) is 0 Å². The van der Waals surface area contributed by atoms with Gasteiger partial charge in [-0.3, -0.25) is 4.79 Å². The molecule has 0 saturated carbocycles. The summed E-state index contributed by atoms with van der Waals surface area (Å²) >= 11 is 1.51. The van der Waals surface area contributed by atoms with Gasteiger partial charge >= 0.3 is 0 Å². The molecule has 2 aromatic rings. The van der Waals surface area contributed by atoms with E-state index in [1.807, 2.05) is 11.6 Å². The molecule has 15 heavy (non-hydrogen) atoms. The van der Waals surface area contributed by atoms with Crippen LogP contribution in [0.15, 0.2) is 28.0 Å². The summed E-state index contributed by atoms with van der Waals surface area (Å²) in [5, 5.41) is 8.50. The molecule has 0 bridgehead atoms. The SMILES string of the molecule is Cn1cnnc1SCc1ccc(C=O)o1. The van der Waals surface area contributed by atoms with Crippen LogP contribution >= 0.6 is 11.8 Å². The van der Waals surface area contributed by atoms with E-state index in [1.54, 1.807) is 18.5 Å². The second-order valence-electron chi connectivity index (χ2n) is 2.94. The zero-order valence-electron chi connectivity index (χ0n) is 8.08. The monoisotopic (exact) mass is 223 g/mol. The van der Waals surface area contributed by atoms with Crippen molar-refractivity contribution in [1.29, 1.82) is 0 Å². The number of aldehydes is 1. The molecule has 0 aromatic carbocycles. The Morgan fingerprint density at radius 2 is 2.47 bits per heavy atom. The van der Waals surface area contributed by atoms with Crippen LogP contribution in [0.25, 0.3) is 0 Å². The van der Waals surface area contributed by atoms with Crippen molar-refractivity contribution in [2.24, 2.45) is 7.05 Å². The van der Waals surface area contributed by atoms with Gasteiger partial charge in [-0.05, 0) is 12.1 Å². The normalized spacial score (nSPS) is 10.5. The lowest BCUT2D eigenvalue weighted by Gasteiger charge is -1.97. The van der Waals surface area contributed by atoms with Crippen LogP contribution in [-0.2, 0) is 12.8 Å². The Bertz CT molecular complexity index is 463. The molecule has 0 N–H and O–H groups in total. The third kappa shape index (κ3) is 2.27. The number of nitrogens with zero attached hydrogens (tertiary/aromatic N) is 3. The van der Waals surface area contributed by atoms with E-state index in [1.165, 1.54) is 11.8 Å². The summed E-state index contributed by atoms with van der Waals surface area (Å²) in [5.74, 6) is 1.74. The molecular weight excluding hydrogens is 214 g/mol.